The number of nitrogens with one attached hydrogen (secondary N) is 1. The molecule has 0 atom stereocenters. The Bertz CT molecular complexity index is 1400. The molecular weight excluding hydrogens is 449 g/mol. The van der Waals surface area contributed by atoms with Crippen LogP contribution in [0, 0.1) is 0 Å². The van der Waals surface area contributed by atoms with E-state index in [9.17, 15) is 21.6 Å². The zero-order valence-corrected chi connectivity index (χ0v) is 17.6. The van der Waals surface area contributed by atoms with Crippen LogP contribution in [0.4, 0.5) is 18.9 Å². The topological polar surface area (TPSA) is 104 Å². The predicted molar refractivity (Wildman–Crippen MR) is 109 cm³/mol. The average molecular weight is 466 g/mol. The molecular formula is C19H17F3N6O3S. The molecule has 0 saturated heterocycles. The summed E-state index contributed by atoms with van der Waals surface area (Å²) < 4.78 is 72.6. The van der Waals surface area contributed by atoms with Gasteiger partial charge < -0.3 is 4.74 Å². The Morgan fingerprint density at radius 3 is 2.66 bits per heavy atom. The molecule has 1 aromatic carbocycles. The molecule has 0 radical (unpaired) electrons. The van der Waals surface area contributed by atoms with Crippen molar-refractivity contribution in [3.8, 4) is 11.6 Å². The SMILES string of the molecule is CCc1ccc2cnn(C)c2c1NS(=O)(=O)c1cnn(-c2cc(OC(F)(F)F)ccn2)c1. The molecule has 3 heterocycles. The largest absolute Gasteiger partial charge is 0.573 e. The van der Waals surface area contributed by atoms with Gasteiger partial charge in [0.05, 0.1) is 29.8 Å². The average Bonchev–Trinajstić information content (AvgIpc) is 3.35. The van der Waals surface area contributed by atoms with Gasteiger partial charge in [0, 0.05) is 24.7 Å². The molecule has 3 aromatic heterocycles. The fourth-order valence-electron chi connectivity index (χ4n) is 3.20. The normalized spacial score (nSPS) is 12.3. The van der Waals surface area contributed by atoms with Crippen LogP contribution >= 0.6 is 0 Å². The van der Waals surface area contributed by atoms with Crippen molar-refractivity contribution in [3.05, 3.63) is 54.6 Å². The number of rotatable bonds is 6. The van der Waals surface area contributed by atoms with Crippen LogP contribution in [0.25, 0.3) is 16.7 Å². The summed E-state index contributed by atoms with van der Waals surface area (Å²) >= 11 is 0. The molecule has 0 amide bonds. The van der Waals surface area contributed by atoms with Gasteiger partial charge in [0.15, 0.2) is 5.82 Å². The second-order valence-electron chi connectivity index (χ2n) is 6.78. The zero-order chi connectivity index (χ0) is 23.1. The first-order chi connectivity index (χ1) is 15.1. The molecule has 1 N–H and O–H groups in total. The number of hydrogen-bond donors (Lipinski definition) is 1. The van der Waals surface area contributed by atoms with Gasteiger partial charge in [-0.15, -0.1) is 13.2 Å². The number of aryl methyl sites for hydroxylation is 2. The van der Waals surface area contributed by atoms with Crippen LogP contribution in [-0.4, -0.2) is 39.3 Å². The van der Waals surface area contributed by atoms with Gasteiger partial charge in [-0.2, -0.15) is 10.2 Å². The van der Waals surface area contributed by atoms with E-state index in [4.69, 9.17) is 0 Å². The summed E-state index contributed by atoms with van der Waals surface area (Å²) in [5, 5.41) is 8.87. The number of fused-ring (bicyclic) bond motifs is 1. The van der Waals surface area contributed by atoms with Crippen LogP contribution in [0.2, 0.25) is 0 Å². The molecule has 32 heavy (non-hydrogen) atoms. The van der Waals surface area contributed by atoms with Crippen molar-refractivity contribution in [2.75, 3.05) is 4.72 Å². The lowest BCUT2D eigenvalue weighted by Crippen LogP contribution is -2.17. The molecule has 0 aliphatic rings. The number of pyridine rings is 1. The number of ether oxygens (including phenoxy) is 1. The molecule has 9 nitrogen and oxygen atoms in total. The van der Waals surface area contributed by atoms with E-state index >= 15 is 0 Å². The molecule has 4 rings (SSSR count). The van der Waals surface area contributed by atoms with E-state index in [0.717, 1.165) is 46.4 Å². The van der Waals surface area contributed by atoms with Crippen LogP contribution in [0.3, 0.4) is 0 Å². The summed E-state index contributed by atoms with van der Waals surface area (Å²) in [4.78, 5) is 3.73. The molecule has 0 bridgehead atoms. The van der Waals surface area contributed by atoms with Gasteiger partial charge >= 0.3 is 6.36 Å². The molecule has 0 aliphatic carbocycles. The Morgan fingerprint density at radius 1 is 1.16 bits per heavy atom. The number of alkyl halides is 3. The van der Waals surface area contributed by atoms with E-state index in [2.05, 4.69) is 24.6 Å². The first-order valence-corrected chi connectivity index (χ1v) is 10.8. The van der Waals surface area contributed by atoms with Crippen LogP contribution < -0.4 is 9.46 Å². The number of nitrogens with zero attached hydrogens (tertiary/aromatic N) is 5. The van der Waals surface area contributed by atoms with Crippen LogP contribution in [-0.2, 0) is 23.5 Å². The maximum atomic E-state index is 13.1. The predicted octanol–water partition coefficient (Wildman–Crippen LogP) is 3.42. The lowest BCUT2D eigenvalue weighted by molar-refractivity contribution is -0.274. The van der Waals surface area contributed by atoms with Gasteiger partial charge in [0.2, 0.25) is 0 Å². The van der Waals surface area contributed by atoms with Crippen molar-refractivity contribution in [1.82, 2.24) is 24.5 Å². The second-order valence-corrected chi connectivity index (χ2v) is 8.47. The molecule has 0 unspecified atom stereocenters. The standard InChI is InChI=1S/C19H17F3N6O3S/c1-3-12-4-5-13-9-24-27(2)18(13)17(12)26-32(29,30)15-10-25-28(11-15)16-8-14(6-7-23-16)31-19(20,21)22/h4-11,26H,3H2,1-2H3. The van der Waals surface area contributed by atoms with Gasteiger partial charge in [-0.25, -0.2) is 18.1 Å². The minimum atomic E-state index is -4.87. The summed E-state index contributed by atoms with van der Waals surface area (Å²) in [7, 11) is -2.36. The fourth-order valence-corrected chi connectivity index (χ4v) is 4.24. The Hall–Kier alpha value is -3.61. The van der Waals surface area contributed by atoms with Crippen LogP contribution in [0.1, 0.15) is 12.5 Å². The summed E-state index contributed by atoms with van der Waals surface area (Å²) in [6, 6.07) is 5.70. The number of anilines is 1. The number of sulfonamides is 1. The molecule has 0 aliphatic heterocycles. The number of hydrogen-bond acceptors (Lipinski definition) is 6. The summed E-state index contributed by atoms with van der Waals surface area (Å²) in [6.07, 6.45) is 0.667. The highest BCUT2D eigenvalue weighted by Crippen LogP contribution is 2.30. The Balaban J connectivity index is 1.68. The monoisotopic (exact) mass is 466 g/mol. The number of aromatic nitrogens is 5. The Labute approximate surface area is 180 Å². The lowest BCUT2D eigenvalue weighted by Gasteiger charge is -2.13. The van der Waals surface area contributed by atoms with E-state index in [1.54, 1.807) is 17.9 Å². The van der Waals surface area contributed by atoms with Gasteiger partial charge in [-0.3, -0.25) is 9.40 Å². The van der Waals surface area contributed by atoms with Crippen LogP contribution in [0.5, 0.6) is 5.75 Å². The van der Waals surface area contributed by atoms with E-state index in [1.165, 1.54) is 0 Å². The minimum absolute atomic E-state index is 0.0452. The van der Waals surface area contributed by atoms with Gasteiger partial charge in [-0.05, 0) is 18.1 Å². The van der Waals surface area contributed by atoms with Crippen molar-refractivity contribution in [2.45, 2.75) is 24.6 Å². The van der Waals surface area contributed by atoms with Crippen molar-refractivity contribution < 1.29 is 26.3 Å². The summed E-state index contributed by atoms with van der Waals surface area (Å²) in [5.41, 5.74) is 1.80. The minimum Gasteiger partial charge on any atom is -0.406 e. The Kier molecular flexibility index (Phi) is 5.28. The third-order valence-electron chi connectivity index (χ3n) is 4.66. The molecule has 4 aromatic rings. The Morgan fingerprint density at radius 2 is 1.94 bits per heavy atom. The van der Waals surface area contributed by atoms with Crippen molar-refractivity contribution in [1.29, 1.82) is 0 Å². The fraction of sp³-hybridized carbons (Fsp3) is 0.211. The highest BCUT2D eigenvalue weighted by molar-refractivity contribution is 7.92. The van der Waals surface area contributed by atoms with E-state index in [1.807, 2.05) is 19.1 Å². The molecule has 0 fully saturated rings. The quantitative estimate of drug-likeness (QED) is 0.467. The van der Waals surface area contributed by atoms with Crippen LogP contribution in [0.15, 0.2) is 53.9 Å². The van der Waals surface area contributed by atoms with Gasteiger partial charge in [0.1, 0.15) is 10.6 Å². The summed E-state index contributed by atoms with van der Waals surface area (Å²) in [5.74, 6) is -0.549. The molecule has 0 saturated carbocycles. The second kappa shape index (κ2) is 7.82. The maximum Gasteiger partial charge on any atom is 0.573 e. The van der Waals surface area contributed by atoms with E-state index in [-0.39, 0.29) is 10.7 Å². The van der Waals surface area contributed by atoms with Crippen molar-refractivity contribution >= 4 is 26.6 Å². The number of benzene rings is 1. The first-order valence-electron chi connectivity index (χ1n) is 9.30. The van der Waals surface area contributed by atoms with Crippen molar-refractivity contribution in [3.63, 3.8) is 0 Å². The van der Waals surface area contributed by atoms with Gasteiger partial charge in [0.25, 0.3) is 10.0 Å². The molecule has 13 heteroatoms. The van der Waals surface area contributed by atoms with E-state index in [0.29, 0.717) is 17.6 Å². The number of halogens is 3. The highest BCUT2D eigenvalue weighted by atomic mass is 32.2. The third-order valence-corrected chi connectivity index (χ3v) is 5.97. The van der Waals surface area contributed by atoms with E-state index < -0.39 is 22.1 Å². The molecule has 0 spiro atoms. The highest BCUT2D eigenvalue weighted by Gasteiger charge is 2.31. The lowest BCUT2D eigenvalue weighted by atomic mass is 10.1. The summed E-state index contributed by atoms with van der Waals surface area (Å²) in [6.45, 7) is 1.90. The zero-order valence-electron chi connectivity index (χ0n) is 16.8. The third kappa shape index (κ3) is 4.23. The first kappa shape index (κ1) is 21.6. The molecule has 168 valence electrons. The van der Waals surface area contributed by atoms with Gasteiger partial charge in [-0.1, -0.05) is 19.1 Å². The maximum absolute atomic E-state index is 13.1. The smallest absolute Gasteiger partial charge is 0.406 e. The van der Waals surface area contributed by atoms with Crippen molar-refractivity contribution in [2.24, 2.45) is 7.05 Å².